The van der Waals surface area contributed by atoms with Crippen LogP contribution in [0, 0.1) is 5.82 Å². The van der Waals surface area contributed by atoms with Gasteiger partial charge in [0.05, 0.1) is 17.2 Å². The van der Waals surface area contributed by atoms with Crippen LogP contribution in [0.2, 0.25) is 0 Å². The average Bonchev–Trinajstić information content (AvgIpc) is 2.90. The van der Waals surface area contributed by atoms with Crippen molar-refractivity contribution in [3.8, 4) is 0 Å². The van der Waals surface area contributed by atoms with Crippen LogP contribution in [0.4, 0.5) is 10.2 Å². The molecule has 0 atom stereocenters. The zero-order valence-electron chi connectivity index (χ0n) is 19.2. The maximum atomic E-state index is 13.1. The van der Waals surface area contributed by atoms with Gasteiger partial charge in [-0.2, -0.15) is 0 Å². The Hall–Kier alpha value is -3.97. The smallest absolute Gasteiger partial charge is 0.193 e. The summed E-state index contributed by atoms with van der Waals surface area (Å²) in [7, 11) is 0. The van der Waals surface area contributed by atoms with Crippen molar-refractivity contribution in [3.05, 3.63) is 101 Å². The number of benzene rings is 3. The number of nitrogens with one attached hydrogen (secondary N) is 1. The van der Waals surface area contributed by atoms with E-state index < -0.39 is 0 Å². The van der Waals surface area contributed by atoms with Crippen LogP contribution in [0.1, 0.15) is 27.0 Å². The lowest BCUT2D eigenvalue weighted by molar-refractivity contribution is -0.117. The van der Waals surface area contributed by atoms with Crippen molar-refractivity contribution < 1.29 is 14.0 Å². The zero-order valence-corrected chi connectivity index (χ0v) is 19.2. The largest absolute Gasteiger partial charge is 0.353 e. The molecule has 0 aliphatic carbocycles. The molecule has 1 aliphatic heterocycles. The molecule has 0 spiro atoms. The van der Waals surface area contributed by atoms with E-state index in [0.29, 0.717) is 16.6 Å². The van der Waals surface area contributed by atoms with Gasteiger partial charge in [0.1, 0.15) is 17.4 Å². The van der Waals surface area contributed by atoms with Crippen LogP contribution < -0.4 is 10.2 Å². The molecule has 1 aliphatic rings. The van der Waals surface area contributed by atoms with Crippen LogP contribution in [0.25, 0.3) is 11.0 Å². The van der Waals surface area contributed by atoms with Crippen molar-refractivity contribution in [1.29, 1.82) is 0 Å². The van der Waals surface area contributed by atoms with E-state index in [-0.39, 0.29) is 30.2 Å². The molecule has 1 N–H and O–H groups in total. The summed E-state index contributed by atoms with van der Waals surface area (Å²) in [5.41, 5.74) is 4.14. The Morgan fingerprint density at radius 1 is 0.829 bits per heavy atom. The molecule has 0 saturated carbocycles. The minimum atomic E-state index is -0.320. The lowest BCUT2D eigenvalue weighted by Crippen LogP contribution is -2.43. The Kier molecular flexibility index (Phi) is 6.59. The molecule has 0 bridgehead atoms. The maximum absolute atomic E-state index is 13.1. The number of carbonyl (C=O) groups excluding carboxylic acids is 2. The van der Waals surface area contributed by atoms with Gasteiger partial charge in [0.15, 0.2) is 5.78 Å². The number of nitrogens with zero attached hydrogens (tertiary/aromatic N) is 3. The predicted molar refractivity (Wildman–Crippen MR) is 133 cm³/mol. The average molecular weight is 469 g/mol. The Morgan fingerprint density at radius 2 is 1.46 bits per heavy atom. The number of hydrogen-bond donors (Lipinski definition) is 1. The summed E-state index contributed by atoms with van der Waals surface area (Å²) in [6.07, 6.45) is 2.28. The quantitative estimate of drug-likeness (QED) is 0.416. The second-order valence-electron chi connectivity index (χ2n) is 8.71. The number of hydrogen-bond acceptors (Lipinski definition) is 6. The van der Waals surface area contributed by atoms with Crippen molar-refractivity contribution in [2.75, 3.05) is 31.1 Å². The van der Waals surface area contributed by atoms with Gasteiger partial charge >= 0.3 is 0 Å². The van der Waals surface area contributed by atoms with Crippen molar-refractivity contribution in [3.63, 3.8) is 0 Å². The van der Waals surface area contributed by atoms with Crippen molar-refractivity contribution in [2.45, 2.75) is 12.8 Å². The highest BCUT2D eigenvalue weighted by atomic mass is 19.1. The molecule has 6 nitrogen and oxygen atoms in total. The number of carbonyl (C=O) groups is 2. The molecule has 1 saturated heterocycles. The van der Waals surface area contributed by atoms with Gasteiger partial charge in [-0.3, -0.25) is 14.6 Å². The number of Topliss-reactive ketones (excluding diaryl/α,β-unsaturated/α-hetero) is 1. The fourth-order valence-corrected chi connectivity index (χ4v) is 4.25. The minimum absolute atomic E-state index is 0.0316. The zero-order chi connectivity index (χ0) is 24.2. The van der Waals surface area contributed by atoms with Gasteiger partial charge < -0.3 is 10.2 Å². The molecule has 35 heavy (non-hydrogen) atoms. The molecule has 0 unspecified atom stereocenters. The molecule has 0 amide bonds. The summed E-state index contributed by atoms with van der Waals surface area (Å²) in [6.45, 7) is 3.56. The fraction of sp³-hybridized carbons (Fsp3) is 0.214. The van der Waals surface area contributed by atoms with E-state index in [2.05, 4.69) is 15.2 Å². The first-order valence-corrected chi connectivity index (χ1v) is 11.7. The van der Waals surface area contributed by atoms with Crippen molar-refractivity contribution in [2.24, 2.45) is 0 Å². The molecule has 3 aromatic carbocycles. The van der Waals surface area contributed by atoms with Crippen LogP contribution in [0.3, 0.4) is 0 Å². The van der Waals surface area contributed by atoms with Crippen molar-refractivity contribution >= 4 is 28.4 Å². The summed E-state index contributed by atoms with van der Waals surface area (Å²) in [5.74, 6) is 0.424. The van der Waals surface area contributed by atoms with E-state index in [1.54, 1.807) is 54.7 Å². The van der Waals surface area contributed by atoms with Crippen LogP contribution in [-0.4, -0.2) is 47.7 Å². The Balaban J connectivity index is 1.28. The number of halogens is 1. The lowest BCUT2D eigenvalue weighted by atomic mass is 9.98. The molecular weight excluding hydrogens is 443 g/mol. The van der Waals surface area contributed by atoms with Crippen LogP contribution in [0.15, 0.2) is 72.9 Å². The molecule has 1 aromatic heterocycles. The molecule has 5 rings (SSSR count). The molecule has 1 fully saturated rings. The Bertz CT molecular complexity index is 1360. The first-order valence-electron chi connectivity index (χ1n) is 11.7. The van der Waals surface area contributed by atoms with Gasteiger partial charge in [-0.1, -0.05) is 36.4 Å². The van der Waals surface area contributed by atoms with E-state index in [1.807, 2.05) is 6.07 Å². The van der Waals surface area contributed by atoms with Gasteiger partial charge in [0.25, 0.3) is 0 Å². The first-order chi connectivity index (χ1) is 17.0. The summed E-state index contributed by atoms with van der Waals surface area (Å²) in [6, 6.07) is 18.4. The molecule has 2 heterocycles. The van der Waals surface area contributed by atoms with E-state index in [0.717, 1.165) is 48.6 Å². The number of ketones is 2. The molecule has 7 heteroatoms. The number of anilines is 1. The monoisotopic (exact) mass is 468 g/mol. The highest BCUT2D eigenvalue weighted by molar-refractivity contribution is 6.10. The fourth-order valence-electron chi connectivity index (χ4n) is 4.25. The van der Waals surface area contributed by atoms with Gasteiger partial charge in [-0.05, 0) is 41.5 Å². The lowest BCUT2D eigenvalue weighted by Gasteiger charge is -2.28. The van der Waals surface area contributed by atoms with Gasteiger partial charge in [-0.15, -0.1) is 0 Å². The van der Waals surface area contributed by atoms with E-state index in [1.165, 1.54) is 12.1 Å². The number of piperazine rings is 1. The van der Waals surface area contributed by atoms with Gasteiger partial charge in [0.2, 0.25) is 0 Å². The molecule has 176 valence electrons. The van der Waals surface area contributed by atoms with E-state index >= 15 is 0 Å². The second kappa shape index (κ2) is 10.1. The predicted octanol–water partition coefficient (Wildman–Crippen LogP) is 3.76. The summed E-state index contributed by atoms with van der Waals surface area (Å²) < 4.78 is 13.0. The Labute approximate surface area is 202 Å². The topological polar surface area (TPSA) is 75.2 Å². The number of aromatic nitrogens is 2. The van der Waals surface area contributed by atoms with Gasteiger partial charge in [-0.25, -0.2) is 9.37 Å². The molecular formula is C28H25FN4O2. The summed E-state index contributed by atoms with van der Waals surface area (Å²) in [5, 5.41) is 3.33. The molecule has 4 aromatic rings. The second-order valence-corrected chi connectivity index (χ2v) is 8.71. The third-order valence-electron chi connectivity index (χ3n) is 6.16. The Morgan fingerprint density at radius 3 is 2.14 bits per heavy atom. The maximum Gasteiger partial charge on any atom is 0.193 e. The van der Waals surface area contributed by atoms with Crippen LogP contribution >= 0.6 is 0 Å². The standard InChI is InChI=1S/C28H25FN4O2/c29-23-8-3-20(4-9-23)16-24(34)15-19-1-5-21(6-2-19)28(35)22-7-10-25-26(17-22)32-27(18-31-25)33-13-11-30-12-14-33/h1-10,17-18,30H,11-16H2. The third kappa shape index (κ3) is 5.41. The van der Waals surface area contributed by atoms with Gasteiger partial charge in [0, 0.05) is 50.1 Å². The summed E-state index contributed by atoms with van der Waals surface area (Å²) in [4.78, 5) is 37.0. The van der Waals surface area contributed by atoms with Crippen molar-refractivity contribution in [1.82, 2.24) is 15.3 Å². The first kappa shape index (κ1) is 22.8. The SMILES string of the molecule is O=C(Cc1ccc(F)cc1)Cc1ccc(C(=O)c2ccc3ncc(N4CCNCC4)nc3c2)cc1. The summed E-state index contributed by atoms with van der Waals surface area (Å²) >= 11 is 0. The van der Waals surface area contributed by atoms with E-state index in [9.17, 15) is 14.0 Å². The number of rotatable bonds is 7. The van der Waals surface area contributed by atoms with E-state index in [4.69, 9.17) is 4.98 Å². The van der Waals surface area contributed by atoms with Crippen LogP contribution in [-0.2, 0) is 17.6 Å². The third-order valence-corrected chi connectivity index (χ3v) is 6.16. The molecule has 0 radical (unpaired) electrons. The minimum Gasteiger partial charge on any atom is -0.353 e. The highest BCUT2D eigenvalue weighted by Gasteiger charge is 2.15. The van der Waals surface area contributed by atoms with Crippen LogP contribution in [0.5, 0.6) is 0 Å². The number of fused-ring (bicyclic) bond motifs is 1. The highest BCUT2D eigenvalue weighted by Crippen LogP contribution is 2.20. The normalized spacial score (nSPS) is 13.7.